The average Bonchev–Trinajstić information content (AvgIpc) is 2.26. The lowest BCUT2D eigenvalue weighted by Crippen LogP contribution is -2.07. The number of rotatable bonds is 3. The molecule has 0 aromatic heterocycles. The second kappa shape index (κ2) is 5.34. The van der Waals surface area contributed by atoms with Gasteiger partial charge in [-0.05, 0) is 35.4 Å². The lowest BCUT2D eigenvalue weighted by molar-refractivity contribution is -0.108. The fourth-order valence-corrected chi connectivity index (χ4v) is 1.27. The van der Waals surface area contributed by atoms with Gasteiger partial charge in [0.25, 0.3) is 5.24 Å². The van der Waals surface area contributed by atoms with Crippen LogP contribution in [0.1, 0.15) is 5.56 Å². The monoisotopic (exact) mass is 234 g/mol. The fourth-order valence-electron chi connectivity index (χ4n) is 1.17. The molecule has 0 aliphatic heterocycles. The van der Waals surface area contributed by atoms with Gasteiger partial charge in [0.15, 0.2) is 0 Å². The molecule has 0 unspecified atom stereocenters. The number of carbonyl (C=O) groups is 1. The first-order chi connectivity index (χ1) is 7.54. The highest BCUT2D eigenvalue weighted by molar-refractivity contribution is 6.68. The number of allylic oxidation sites excluding steroid dienone is 1. The third-order valence-corrected chi connectivity index (χ3v) is 2.26. The van der Waals surface area contributed by atoms with Gasteiger partial charge in [-0.25, -0.2) is 0 Å². The van der Waals surface area contributed by atoms with Crippen LogP contribution in [0.2, 0.25) is 0 Å². The van der Waals surface area contributed by atoms with Gasteiger partial charge in [0, 0.05) is 19.8 Å². The van der Waals surface area contributed by atoms with Crippen molar-refractivity contribution in [2.75, 3.05) is 19.0 Å². The smallest absolute Gasteiger partial charge is 0.262 e. The summed E-state index contributed by atoms with van der Waals surface area (Å²) in [4.78, 5) is 12.8. The van der Waals surface area contributed by atoms with E-state index in [1.165, 1.54) is 6.08 Å². The van der Waals surface area contributed by atoms with E-state index in [4.69, 9.17) is 16.9 Å². The van der Waals surface area contributed by atoms with Gasteiger partial charge in [0.1, 0.15) is 11.6 Å². The minimum atomic E-state index is -0.737. The zero-order valence-corrected chi connectivity index (χ0v) is 9.82. The Morgan fingerprint density at radius 3 is 2.31 bits per heavy atom. The molecule has 1 aromatic carbocycles. The Morgan fingerprint density at radius 1 is 1.38 bits per heavy atom. The van der Waals surface area contributed by atoms with Gasteiger partial charge in [0.2, 0.25) is 0 Å². The van der Waals surface area contributed by atoms with Crippen molar-refractivity contribution in [1.82, 2.24) is 0 Å². The van der Waals surface area contributed by atoms with Crippen LogP contribution >= 0.6 is 11.6 Å². The molecule has 3 nitrogen and oxygen atoms in total. The van der Waals surface area contributed by atoms with E-state index < -0.39 is 5.24 Å². The highest BCUT2D eigenvalue weighted by atomic mass is 35.5. The van der Waals surface area contributed by atoms with Crippen LogP contribution in [-0.2, 0) is 4.79 Å². The first-order valence-electron chi connectivity index (χ1n) is 4.63. The maximum absolute atomic E-state index is 10.8. The van der Waals surface area contributed by atoms with E-state index in [1.54, 1.807) is 6.07 Å². The Kier molecular flexibility index (Phi) is 4.10. The molecule has 16 heavy (non-hydrogen) atoms. The number of benzene rings is 1. The molecule has 0 N–H and O–H groups in total. The van der Waals surface area contributed by atoms with Crippen molar-refractivity contribution in [3.05, 3.63) is 35.4 Å². The van der Waals surface area contributed by atoms with Crippen molar-refractivity contribution in [2.24, 2.45) is 0 Å². The van der Waals surface area contributed by atoms with Crippen molar-refractivity contribution in [2.45, 2.75) is 0 Å². The molecule has 0 aliphatic rings. The molecule has 4 heteroatoms. The molecule has 1 aromatic rings. The molecule has 0 spiro atoms. The van der Waals surface area contributed by atoms with Crippen molar-refractivity contribution in [3.8, 4) is 6.07 Å². The molecule has 82 valence electrons. The summed E-state index contributed by atoms with van der Waals surface area (Å²) >= 11 is 5.24. The summed E-state index contributed by atoms with van der Waals surface area (Å²) < 4.78 is 0. The zero-order valence-electron chi connectivity index (χ0n) is 9.07. The number of halogens is 1. The molecular formula is C12H11ClN2O. The van der Waals surface area contributed by atoms with Crippen LogP contribution < -0.4 is 4.90 Å². The van der Waals surface area contributed by atoms with Crippen molar-refractivity contribution in [1.29, 1.82) is 5.26 Å². The quantitative estimate of drug-likeness (QED) is 0.458. The maximum Gasteiger partial charge on any atom is 0.262 e. The summed E-state index contributed by atoms with van der Waals surface area (Å²) in [5, 5.41) is 7.93. The Balaban J connectivity index is 3.00. The highest BCUT2D eigenvalue weighted by Gasteiger charge is 2.04. The van der Waals surface area contributed by atoms with Crippen LogP contribution in [-0.4, -0.2) is 19.3 Å². The SMILES string of the molecule is CN(C)c1ccc(C=C(C#N)C(=O)Cl)cc1. The van der Waals surface area contributed by atoms with E-state index >= 15 is 0 Å². The minimum Gasteiger partial charge on any atom is -0.378 e. The molecule has 0 amide bonds. The number of hydrogen-bond acceptors (Lipinski definition) is 3. The van der Waals surface area contributed by atoms with Gasteiger partial charge >= 0.3 is 0 Å². The summed E-state index contributed by atoms with van der Waals surface area (Å²) in [6, 6.07) is 9.21. The Bertz CT molecular complexity index is 455. The third kappa shape index (κ3) is 3.11. The summed E-state index contributed by atoms with van der Waals surface area (Å²) in [7, 11) is 3.88. The minimum absolute atomic E-state index is 0.0562. The van der Waals surface area contributed by atoms with E-state index in [9.17, 15) is 4.79 Å². The van der Waals surface area contributed by atoms with E-state index in [0.717, 1.165) is 11.3 Å². The van der Waals surface area contributed by atoms with Crippen LogP contribution in [0.4, 0.5) is 5.69 Å². The number of nitriles is 1. The normalized spacial score (nSPS) is 10.8. The van der Waals surface area contributed by atoms with E-state index in [0.29, 0.717) is 0 Å². The topological polar surface area (TPSA) is 44.1 Å². The molecule has 0 radical (unpaired) electrons. The highest BCUT2D eigenvalue weighted by Crippen LogP contribution is 2.15. The Hall–Kier alpha value is -1.79. The number of anilines is 1. The molecule has 0 bridgehead atoms. The van der Waals surface area contributed by atoms with Crippen LogP contribution in [0, 0.1) is 11.3 Å². The van der Waals surface area contributed by atoms with Crippen LogP contribution in [0.5, 0.6) is 0 Å². The molecule has 0 heterocycles. The van der Waals surface area contributed by atoms with Crippen LogP contribution in [0.15, 0.2) is 29.8 Å². The van der Waals surface area contributed by atoms with Crippen LogP contribution in [0.25, 0.3) is 6.08 Å². The predicted molar refractivity (Wildman–Crippen MR) is 65.2 cm³/mol. The summed E-state index contributed by atoms with van der Waals surface area (Å²) in [5.41, 5.74) is 1.77. The summed E-state index contributed by atoms with van der Waals surface area (Å²) in [6.45, 7) is 0. The summed E-state index contributed by atoms with van der Waals surface area (Å²) in [6.07, 6.45) is 1.47. The molecule has 0 saturated carbocycles. The van der Waals surface area contributed by atoms with E-state index in [1.807, 2.05) is 43.3 Å². The largest absolute Gasteiger partial charge is 0.378 e. The van der Waals surface area contributed by atoms with Gasteiger partial charge in [-0.1, -0.05) is 12.1 Å². The van der Waals surface area contributed by atoms with E-state index in [2.05, 4.69) is 0 Å². The number of hydrogen-bond donors (Lipinski definition) is 0. The second-order valence-electron chi connectivity index (χ2n) is 3.43. The van der Waals surface area contributed by atoms with Crippen molar-refractivity contribution >= 4 is 28.6 Å². The molecule has 0 aliphatic carbocycles. The fraction of sp³-hybridized carbons (Fsp3) is 0.167. The molecule has 0 fully saturated rings. The zero-order chi connectivity index (χ0) is 12.1. The average molecular weight is 235 g/mol. The number of nitrogens with zero attached hydrogens (tertiary/aromatic N) is 2. The maximum atomic E-state index is 10.8. The number of carbonyl (C=O) groups excluding carboxylic acids is 1. The first-order valence-corrected chi connectivity index (χ1v) is 5.01. The Labute approximate surface area is 99.5 Å². The predicted octanol–water partition coefficient (Wildman–Crippen LogP) is 2.42. The summed E-state index contributed by atoms with van der Waals surface area (Å²) in [5.74, 6) is 0. The van der Waals surface area contributed by atoms with Gasteiger partial charge in [-0.3, -0.25) is 4.79 Å². The van der Waals surface area contributed by atoms with Gasteiger partial charge in [-0.15, -0.1) is 0 Å². The standard InChI is InChI=1S/C12H11ClN2O/c1-15(2)11-5-3-9(4-6-11)7-10(8-14)12(13)16/h3-7H,1-2H3. The molecular weight excluding hydrogens is 224 g/mol. The van der Waals surface area contributed by atoms with Gasteiger partial charge < -0.3 is 4.90 Å². The van der Waals surface area contributed by atoms with Crippen molar-refractivity contribution < 1.29 is 4.79 Å². The molecule has 1 rings (SSSR count). The van der Waals surface area contributed by atoms with Crippen LogP contribution in [0.3, 0.4) is 0 Å². The molecule has 0 saturated heterocycles. The van der Waals surface area contributed by atoms with Crippen molar-refractivity contribution in [3.63, 3.8) is 0 Å². The first kappa shape index (κ1) is 12.3. The lowest BCUT2D eigenvalue weighted by atomic mass is 10.1. The van der Waals surface area contributed by atoms with Gasteiger partial charge in [-0.2, -0.15) is 5.26 Å². The Morgan fingerprint density at radius 2 is 1.94 bits per heavy atom. The van der Waals surface area contributed by atoms with E-state index in [-0.39, 0.29) is 5.57 Å². The second-order valence-corrected chi connectivity index (χ2v) is 3.77. The molecule has 0 atom stereocenters. The van der Waals surface area contributed by atoms with Gasteiger partial charge in [0.05, 0.1) is 0 Å². The third-order valence-electron chi connectivity index (χ3n) is 2.05. The lowest BCUT2D eigenvalue weighted by Gasteiger charge is -2.11.